The Hall–Kier alpha value is -1.22. The summed E-state index contributed by atoms with van der Waals surface area (Å²) in [7, 11) is 0. The molecule has 0 atom stereocenters. The zero-order chi connectivity index (χ0) is 14.3. The van der Waals surface area contributed by atoms with Crippen molar-refractivity contribution in [2.24, 2.45) is 4.99 Å². The summed E-state index contributed by atoms with van der Waals surface area (Å²) in [5, 5.41) is 7.24. The Kier molecular flexibility index (Phi) is 6.16. The van der Waals surface area contributed by atoms with Crippen LogP contribution < -0.4 is 10.6 Å². The van der Waals surface area contributed by atoms with Crippen LogP contribution in [-0.4, -0.2) is 25.6 Å². The molecule has 0 fully saturated rings. The first kappa shape index (κ1) is 15.8. The van der Waals surface area contributed by atoms with Crippen LogP contribution in [0.5, 0.6) is 0 Å². The second-order valence-electron chi connectivity index (χ2n) is 5.12. The fourth-order valence-corrected chi connectivity index (χ4v) is 1.90. The quantitative estimate of drug-likeness (QED) is 0.642. The topological polar surface area (TPSA) is 36.4 Å². The smallest absolute Gasteiger partial charge is 0.191 e. The van der Waals surface area contributed by atoms with Crippen LogP contribution in [0.2, 0.25) is 5.02 Å². The molecular formula is C15H24ClN3. The highest BCUT2D eigenvalue weighted by Gasteiger charge is 2.20. The van der Waals surface area contributed by atoms with E-state index < -0.39 is 0 Å². The second-order valence-corrected chi connectivity index (χ2v) is 5.55. The van der Waals surface area contributed by atoms with Crippen molar-refractivity contribution in [1.82, 2.24) is 10.6 Å². The van der Waals surface area contributed by atoms with Crippen molar-refractivity contribution in [1.29, 1.82) is 0 Å². The van der Waals surface area contributed by atoms with Crippen LogP contribution in [0, 0.1) is 0 Å². The molecule has 106 valence electrons. The fraction of sp³-hybridized carbons (Fsp3) is 0.533. The maximum Gasteiger partial charge on any atom is 0.191 e. The number of nitrogens with one attached hydrogen (secondary N) is 2. The van der Waals surface area contributed by atoms with Crippen LogP contribution in [0.25, 0.3) is 0 Å². The first-order valence-electron chi connectivity index (χ1n) is 6.78. The predicted octanol–water partition coefficient (Wildman–Crippen LogP) is 3.19. The van der Waals surface area contributed by atoms with Crippen molar-refractivity contribution in [3.05, 3.63) is 34.9 Å². The van der Waals surface area contributed by atoms with Gasteiger partial charge in [0.2, 0.25) is 0 Å². The molecule has 4 heteroatoms. The summed E-state index contributed by atoms with van der Waals surface area (Å²) in [5.74, 6) is 0.868. The molecular weight excluding hydrogens is 258 g/mol. The molecule has 1 aromatic rings. The van der Waals surface area contributed by atoms with Crippen molar-refractivity contribution < 1.29 is 0 Å². The first-order valence-corrected chi connectivity index (χ1v) is 7.15. The summed E-state index contributed by atoms with van der Waals surface area (Å²) >= 11 is 5.92. The Morgan fingerprint density at radius 1 is 1.11 bits per heavy atom. The van der Waals surface area contributed by atoms with Gasteiger partial charge < -0.3 is 10.6 Å². The van der Waals surface area contributed by atoms with Gasteiger partial charge >= 0.3 is 0 Å². The van der Waals surface area contributed by atoms with E-state index in [4.69, 9.17) is 11.6 Å². The van der Waals surface area contributed by atoms with E-state index in [2.05, 4.69) is 55.5 Å². The van der Waals surface area contributed by atoms with Crippen LogP contribution in [0.1, 0.15) is 33.3 Å². The number of hydrogen-bond acceptors (Lipinski definition) is 1. The minimum Gasteiger partial charge on any atom is -0.357 e. The number of aliphatic imine (C=N–C) groups is 1. The van der Waals surface area contributed by atoms with E-state index in [1.807, 2.05) is 12.1 Å². The molecule has 0 aliphatic heterocycles. The maximum atomic E-state index is 5.92. The molecule has 0 bridgehead atoms. The second kappa shape index (κ2) is 7.39. The number of guanidine groups is 1. The summed E-state index contributed by atoms with van der Waals surface area (Å²) in [4.78, 5) is 4.64. The minimum atomic E-state index is -0.0132. The minimum absolute atomic E-state index is 0.0132. The van der Waals surface area contributed by atoms with Crippen molar-refractivity contribution in [3.8, 4) is 0 Å². The zero-order valence-corrected chi connectivity index (χ0v) is 13.0. The van der Waals surface area contributed by atoms with Crippen molar-refractivity contribution >= 4 is 17.6 Å². The third kappa shape index (κ3) is 5.11. The standard InChI is InChI=1S/C15H24ClN3/c1-5-17-14(18-6-2)19-11-15(3,4)12-7-9-13(16)10-8-12/h7-10H,5-6,11H2,1-4H3,(H2,17,18,19). The van der Waals surface area contributed by atoms with E-state index in [1.54, 1.807) is 0 Å². The highest BCUT2D eigenvalue weighted by molar-refractivity contribution is 6.30. The lowest BCUT2D eigenvalue weighted by Crippen LogP contribution is -2.38. The summed E-state index contributed by atoms with van der Waals surface area (Å²) in [6, 6.07) is 7.99. The first-order chi connectivity index (χ1) is 8.99. The van der Waals surface area contributed by atoms with Crippen molar-refractivity contribution in [2.45, 2.75) is 33.1 Å². The average Bonchev–Trinajstić information content (AvgIpc) is 2.37. The van der Waals surface area contributed by atoms with E-state index in [1.165, 1.54) is 5.56 Å². The van der Waals surface area contributed by atoms with Gasteiger partial charge in [0.05, 0.1) is 6.54 Å². The van der Waals surface area contributed by atoms with Crippen LogP contribution in [0.4, 0.5) is 0 Å². The molecule has 1 rings (SSSR count). The largest absolute Gasteiger partial charge is 0.357 e. The summed E-state index contributed by atoms with van der Waals surface area (Å²) in [5.41, 5.74) is 1.23. The van der Waals surface area contributed by atoms with Gasteiger partial charge in [-0.05, 0) is 31.5 Å². The number of nitrogens with zero attached hydrogens (tertiary/aromatic N) is 1. The van der Waals surface area contributed by atoms with Gasteiger partial charge in [-0.15, -0.1) is 0 Å². The van der Waals surface area contributed by atoms with E-state index >= 15 is 0 Å². The van der Waals surface area contributed by atoms with Crippen LogP contribution in [-0.2, 0) is 5.41 Å². The predicted molar refractivity (Wildman–Crippen MR) is 84.1 cm³/mol. The van der Waals surface area contributed by atoms with Gasteiger partial charge in [-0.25, -0.2) is 0 Å². The number of benzene rings is 1. The Labute approximate surface area is 121 Å². The van der Waals surface area contributed by atoms with Gasteiger partial charge in [-0.2, -0.15) is 0 Å². The van der Waals surface area contributed by atoms with Gasteiger partial charge in [0.25, 0.3) is 0 Å². The normalized spacial score (nSPS) is 11.0. The van der Waals surface area contributed by atoms with E-state index in [0.717, 1.165) is 30.6 Å². The lowest BCUT2D eigenvalue weighted by molar-refractivity contribution is 0.537. The Morgan fingerprint density at radius 2 is 1.63 bits per heavy atom. The molecule has 0 amide bonds. The Bertz CT molecular complexity index is 402. The SMILES string of the molecule is CCNC(=NCC(C)(C)c1ccc(Cl)cc1)NCC. The van der Waals surface area contributed by atoms with E-state index in [9.17, 15) is 0 Å². The lowest BCUT2D eigenvalue weighted by atomic mass is 9.85. The van der Waals surface area contributed by atoms with Crippen LogP contribution in [0.15, 0.2) is 29.3 Å². The van der Waals surface area contributed by atoms with Gasteiger partial charge in [0.1, 0.15) is 0 Å². The van der Waals surface area contributed by atoms with Gasteiger partial charge in [-0.1, -0.05) is 37.6 Å². The monoisotopic (exact) mass is 281 g/mol. The summed E-state index contributed by atoms with van der Waals surface area (Å²) in [6.07, 6.45) is 0. The van der Waals surface area contributed by atoms with E-state index in [-0.39, 0.29) is 5.41 Å². The Morgan fingerprint density at radius 3 is 2.11 bits per heavy atom. The average molecular weight is 282 g/mol. The molecule has 3 nitrogen and oxygen atoms in total. The molecule has 0 heterocycles. The highest BCUT2D eigenvalue weighted by atomic mass is 35.5. The molecule has 0 spiro atoms. The van der Waals surface area contributed by atoms with Crippen LogP contribution in [0.3, 0.4) is 0 Å². The van der Waals surface area contributed by atoms with E-state index in [0.29, 0.717) is 0 Å². The molecule has 0 aliphatic carbocycles. The lowest BCUT2D eigenvalue weighted by Gasteiger charge is -2.24. The van der Waals surface area contributed by atoms with Crippen molar-refractivity contribution in [3.63, 3.8) is 0 Å². The summed E-state index contributed by atoms with van der Waals surface area (Å²) in [6.45, 7) is 11.0. The molecule has 2 N–H and O–H groups in total. The van der Waals surface area contributed by atoms with Gasteiger partial charge in [0.15, 0.2) is 5.96 Å². The van der Waals surface area contributed by atoms with Crippen LogP contribution >= 0.6 is 11.6 Å². The van der Waals surface area contributed by atoms with Crippen molar-refractivity contribution in [2.75, 3.05) is 19.6 Å². The number of rotatable bonds is 5. The molecule has 0 saturated heterocycles. The number of hydrogen-bond donors (Lipinski definition) is 2. The molecule has 0 unspecified atom stereocenters. The zero-order valence-electron chi connectivity index (χ0n) is 12.3. The summed E-state index contributed by atoms with van der Waals surface area (Å²) < 4.78 is 0. The highest BCUT2D eigenvalue weighted by Crippen LogP contribution is 2.24. The van der Waals surface area contributed by atoms with Gasteiger partial charge in [0, 0.05) is 23.5 Å². The fourth-order valence-electron chi connectivity index (χ4n) is 1.78. The molecule has 1 aromatic carbocycles. The molecule has 0 aliphatic rings. The molecule has 0 radical (unpaired) electrons. The molecule has 0 saturated carbocycles. The van der Waals surface area contributed by atoms with Gasteiger partial charge in [-0.3, -0.25) is 4.99 Å². The number of halogens is 1. The third-order valence-electron chi connectivity index (χ3n) is 2.95. The Balaban J connectivity index is 2.77. The third-order valence-corrected chi connectivity index (χ3v) is 3.20. The molecule has 19 heavy (non-hydrogen) atoms. The molecule has 0 aromatic heterocycles. The maximum absolute atomic E-state index is 5.92.